The molecule has 10 heteroatoms. The van der Waals surface area contributed by atoms with E-state index in [2.05, 4.69) is 15.4 Å². The van der Waals surface area contributed by atoms with Gasteiger partial charge in [-0.25, -0.2) is 9.50 Å². The number of hydrogen-bond donors (Lipinski definition) is 1. The molecule has 186 valence electrons. The van der Waals surface area contributed by atoms with Gasteiger partial charge in [0.05, 0.1) is 17.6 Å². The molecule has 4 aromatic rings. The fourth-order valence-electron chi connectivity index (χ4n) is 3.68. The van der Waals surface area contributed by atoms with Gasteiger partial charge in [0.2, 0.25) is 5.91 Å². The van der Waals surface area contributed by atoms with Crippen molar-refractivity contribution in [1.29, 1.82) is 0 Å². The van der Waals surface area contributed by atoms with Crippen LogP contribution in [0.5, 0.6) is 0 Å². The number of hydrogen-bond acceptors (Lipinski definition) is 4. The van der Waals surface area contributed by atoms with E-state index in [1.165, 1.54) is 29.8 Å². The Morgan fingerprint density at radius 3 is 2.28 bits per heavy atom. The molecule has 2 aromatic carbocycles. The fourth-order valence-corrected chi connectivity index (χ4v) is 3.68. The van der Waals surface area contributed by atoms with Crippen molar-refractivity contribution in [2.75, 3.05) is 10.2 Å². The Labute approximate surface area is 205 Å². The standard InChI is InChI=1S/C26H24F3N5O2/c1-16(35)30-19-7-5-6-17(14-19)21-12-13-22-31-23(15-33(22)32-21)34(24(36)26(27,28)29)20-10-8-18(9-11-20)25(2,3)4/h5-15H,1-4H3,(H,30,35). The summed E-state index contributed by atoms with van der Waals surface area (Å²) in [7, 11) is 0. The minimum absolute atomic E-state index is 0.0389. The van der Waals surface area contributed by atoms with Crippen molar-refractivity contribution in [3.05, 3.63) is 72.4 Å². The minimum Gasteiger partial charge on any atom is -0.326 e. The molecule has 0 saturated heterocycles. The number of carbonyl (C=O) groups is 2. The van der Waals surface area contributed by atoms with Gasteiger partial charge in [-0.15, -0.1) is 0 Å². The Balaban J connectivity index is 1.76. The van der Waals surface area contributed by atoms with Crippen molar-refractivity contribution in [3.8, 4) is 11.3 Å². The zero-order valence-corrected chi connectivity index (χ0v) is 20.1. The second-order valence-corrected chi connectivity index (χ2v) is 9.32. The highest BCUT2D eigenvalue weighted by atomic mass is 19.4. The predicted octanol–water partition coefficient (Wildman–Crippen LogP) is 5.88. The second kappa shape index (κ2) is 9.10. The number of halogens is 3. The van der Waals surface area contributed by atoms with E-state index >= 15 is 0 Å². The van der Waals surface area contributed by atoms with E-state index in [0.717, 1.165) is 5.56 Å². The SMILES string of the molecule is CC(=O)Nc1cccc(-c2ccc3nc(N(C(=O)C(F)(F)F)c4ccc(C(C)(C)C)cc4)cn3n2)c1. The maximum atomic E-state index is 13.5. The number of rotatable bonds is 4. The molecule has 0 unspecified atom stereocenters. The molecule has 2 aromatic heterocycles. The average Bonchev–Trinajstić information content (AvgIpc) is 3.21. The van der Waals surface area contributed by atoms with Crippen molar-refractivity contribution in [2.24, 2.45) is 0 Å². The van der Waals surface area contributed by atoms with Crippen LogP contribution in [0.1, 0.15) is 33.3 Å². The van der Waals surface area contributed by atoms with E-state index in [9.17, 15) is 22.8 Å². The van der Waals surface area contributed by atoms with Crippen LogP contribution >= 0.6 is 0 Å². The smallest absolute Gasteiger partial charge is 0.326 e. The number of fused-ring (bicyclic) bond motifs is 1. The number of nitrogens with one attached hydrogen (secondary N) is 1. The molecule has 0 bridgehead atoms. The predicted molar refractivity (Wildman–Crippen MR) is 131 cm³/mol. The number of carbonyl (C=O) groups excluding carboxylic acids is 2. The molecule has 0 saturated carbocycles. The fraction of sp³-hybridized carbons (Fsp3) is 0.231. The number of alkyl halides is 3. The molecule has 0 aliphatic rings. The van der Waals surface area contributed by atoms with Gasteiger partial charge in [0.25, 0.3) is 0 Å². The number of benzene rings is 2. The van der Waals surface area contributed by atoms with E-state index in [1.807, 2.05) is 20.8 Å². The third-order valence-corrected chi connectivity index (χ3v) is 5.45. The van der Waals surface area contributed by atoms with E-state index in [1.54, 1.807) is 48.5 Å². The lowest BCUT2D eigenvalue weighted by Gasteiger charge is -2.24. The zero-order valence-electron chi connectivity index (χ0n) is 20.1. The minimum atomic E-state index is -5.11. The molecule has 0 fully saturated rings. The Bertz CT molecular complexity index is 1440. The maximum absolute atomic E-state index is 13.5. The van der Waals surface area contributed by atoms with Gasteiger partial charge in [0, 0.05) is 18.2 Å². The van der Waals surface area contributed by atoms with Crippen molar-refractivity contribution in [2.45, 2.75) is 39.3 Å². The maximum Gasteiger partial charge on any atom is 0.472 e. The van der Waals surface area contributed by atoms with E-state index in [0.29, 0.717) is 21.8 Å². The lowest BCUT2D eigenvalue weighted by Crippen LogP contribution is -2.38. The Morgan fingerprint density at radius 2 is 1.67 bits per heavy atom. The second-order valence-electron chi connectivity index (χ2n) is 9.32. The first-order valence-corrected chi connectivity index (χ1v) is 11.1. The number of anilines is 3. The average molecular weight is 496 g/mol. The van der Waals surface area contributed by atoms with Gasteiger partial charge in [-0.05, 0) is 47.4 Å². The van der Waals surface area contributed by atoms with Gasteiger partial charge < -0.3 is 5.32 Å². The summed E-state index contributed by atoms with van der Waals surface area (Å²) in [6.45, 7) is 7.35. The van der Waals surface area contributed by atoms with E-state index < -0.39 is 12.1 Å². The molecule has 36 heavy (non-hydrogen) atoms. The first-order valence-electron chi connectivity index (χ1n) is 11.1. The molecular formula is C26H24F3N5O2. The molecule has 2 amide bonds. The van der Waals surface area contributed by atoms with Crippen molar-refractivity contribution in [1.82, 2.24) is 14.6 Å². The van der Waals surface area contributed by atoms with Gasteiger partial charge in [-0.2, -0.15) is 18.3 Å². The Kier molecular flexibility index (Phi) is 6.30. The number of aromatic nitrogens is 3. The van der Waals surface area contributed by atoms with Gasteiger partial charge in [-0.3, -0.25) is 14.5 Å². The van der Waals surface area contributed by atoms with Crippen LogP contribution < -0.4 is 10.2 Å². The number of imidazole rings is 1. The lowest BCUT2D eigenvalue weighted by atomic mass is 9.87. The van der Waals surface area contributed by atoms with E-state index in [4.69, 9.17) is 0 Å². The monoisotopic (exact) mass is 495 g/mol. The van der Waals surface area contributed by atoms with Crippen LogP contribution in [0.15, 0.2) is 66.9 Å². The molecule has 0 atom stereocenters. The summed E-state index contributed by atoms with van der Waals surface area (Å²) in [4.78, 5) is 28.6. The number of nitrogens with zero attached hydrogens (tertiary/aromatic N) is 4. The number of amides is 2. The van der Waals surface area contributed by atoms with Crippen LogP contribution in [-0.2, 0) is 15.0 Å². The molecule has 2 heterocycles. The summed E-state index contributed by atoms with van der Waals surface area (Å²) in [5, 5.41) is 7.15. The van der Waals surface area contributed by atoms with Crippen LogP contribution in [0.2, 0.25) is 0 Å². The highest BCUT2D eigenvalue weighted by Gasteiger charge is 2.44. The summed E-state index contributed by atoms with van der Waals surface area (Å²) >= 11 is 0. The molecule has 7 nitrogen and oxygen atoms in total. The summed E-state index contributed by atoms with van der Waals surface area (Å²) in [5.74, 6) is -2.49. The normalized spacial score (nSPS) is 12.0. The first-order chi connectivity index (χ1) is 16.8. The van der Waals surface area contributed by atoms with Crippen LogP contribution in [0.4, 0.5) is 30.4 Å². The highest BCUT2D eigenvalue weighted by Crippen LogP contribution is 2.33. The van der Waals surface area contributed by atoms with Crippen LogP contribution in [-0.4, -0.2) is 32.6 Å². The largest absolute Gasteiger partial charge is 0.472 e. The van der Waals surface area contributed by atoms with Crippen molar-refractivity contribution < 1.29 is 22.8 Å². The third kappa shape index (κ3) is 5.22. The molecule has 4 rings (SSSR count). The molecule has 0 spiro atoms. The Morgan fingerprint density at radius 1 is 0.972 bits per heavy atom. The topological polar surface area (TPSA) is 79.6 Å². The van der Waals surface area contributed by atoms with Crippen molar-refractivity contribution >= 4 is 34.7 Å². The summed E-state index contributed by atoms with van der Waals surface area (Å²) < 4.78 is 41.9. The van der Waals surface area contributed by atoms with Crippen molar-refractivity contribution in [3.63, 3.8) is 0 Å². The summed E-state index contributed by atoms with van der Waals surface area (Å²) in [6, 6.07) is 16.6. The van der Waals surface area contributed by atoms with Gasteiger partial charge in [0.15, 0.2) is 11.5 Å². The summed E-state index contributed by atoms with van der Waals surface area (Å²) in [6.07, 6.45) is -3.83. The molecule has 0 aliphatic carbocycles. The zero-order chi connectivity index (χ0) is 26.3. The summed E-state index contributed by atoms with van der Waals surface area (Å²) in [5.41, 5.74) is 2.76. The van der Waals surface area contributed by atoms with Gasteiger partial charge in [0.1, 0.15) is 0 Å². The highest BCUT2D eigenvalue weighted by molar-refractivity contribution is 6.03. The van der Waals surface area contributed by atoms with Crippen LogP contribution in [0.25, 0.3) is 16.9 Å². The lowest BCUT2D eigenvalue weighted by molar-refractivity contribution is -0.169. The molecule has 1 N–H and O–H groups in total. The van der Waals surface area contributed by atoms with Crippen LogP contribution in [0.3, 0.4) is 0 Å². The Hall–Kier alpha value is -4.21. The van der Waals surface area contributed by atoms with Gasteiger partial charge in [-0.1, -0.05) is 45.0 Å². The molecule has 0 radical (unpaired) electrons. The van der Waals surface area contributed by atoms with E-state index in [-0.39, 0.29) is 28.5 Å². The first kappa shape index (κ1) is 24.9. The molecule has 0 aliphatic heterocycles. The third-order valence-electron chi connectivity index (χ3n) is 5.45. The quantitative estimate of drug-likeness (QED) is 0.384. The van der Waals surface area contributed by atoms with Gasteiger partial charge >= 0.3 is 12.1 Å². The van der Waals surface area contributed by atoms with Crippen LogP contribution in [0, 0.1) is 0 Å². The molecular weight excluding hydrogens is 471 g/mol.